The van der Waals surface area contributed by atoms with Gasteiger partial charge in [0.15, 0.2) is 0 Å². The van der Waals surface area contributed by atoms with Crippen LogP contribution in [0.1, 0.15) is 54.0 Å². The zero-order chi connectivity index (χ0) is 19.5. The van der Waals surface area contributed by atoms with Gasteiger partial charge in [0.05, 0.1) is 24.0 Å². The van der Waals surface area contributed by atoms with Crippen LogP contribution in [-0.2, 0) is 6.54 Å². The van der Waals surface area contributed by atoms with E-state index >= 15 is 0 Å². The highest BCUT2D eigenvalue weighted by Crippen LogP contribution is 2.36. The van der Waals surface area contributed by atoms with E-state index in [0.717, 1.165) is 23.5 Å². The Morgan fingerprint density at radius 2 is 2.07 bits per heavy atom. The van der Waals surface area contributed by atoms with Crippen LogP contribution in [-0.4, -0.2) is 37.1 Å². The fourth-order valence-corrected chi connectivity index (χ4v) is 3.64. The molecule has 3 aromatic rings. The van der Waals surface area contributed by atoms with Crippen LogP contribution in [0.25, 0.3) is 0 Å². The van der Waals surface area contributed by atoms with E-state index < -0.39 is 0 Å². The Bertz CT molecular complexity index is 940. The molecule has 7 nitrogen and oxygen atoms in total. The largest absolute Gasteiger partial charge is 0.361 e. The molecule has 4 rings (SSSR count). The van der Waals surface area contributed by atoms with Gasteiger partial charge < -0.3 is 10.2 Å². The van der Waals surface area contributed by atoms with Crippen LogP contribution >= 0.6 is 0 Å². The Balaban J connectivity index is 1.60. The van der Waals surface area contributed by atoms with E-state index in [2.05, 4.69) is 27.3 Å². The van der Waals surface area contributed by atoms with Gasteiger partial charge in [0.1, 0.15) is 11.4 Å². The van der Waals surface area contributed by atoms with Crippen LogP contribution < -0.4 is 5.32 Å². The summed E-state index contributed by atoms with van der Waals surface area (Å²) in [4.78, 5) is 23.6. The van der Waals surface area contributed by atoms with Crippen molar-refractivity contribution in [2.75, 3.05) is 11.9 Å². The SMILES string of the molecule is CCN(Cc1ccncc1)C(=O)c1cnn2c1NC(c1ccccn1)CC2C. The Morgan fingerprint density at radius 1 is 1.25 bits per heavy atom. The van der Waals surface area contributed by atoms with Crippen LogP contribution in [0.4, 0.5) is 5.82 Å². The van der Waals surface area contributed by atoms with Crippen LogP contribution in [0.3, 0.4) is 0 Å². The second-order valence-corrected chi connectivity index (χ2v) is 7.06. The van der Waals surface area contributed by atoms with E-state index in [9.17, 15) is 4.79 Å². The van der Waals surface area contributed by atoms with E-state index in [4.69, 9.17) is 0 Å². The number of amides is 1. The number of nitrogens with zero attached hydrogens (tertiary/aromatic N) is 5. The van der Waals surface area contributed by atoms with Crippen molar-refractivity contribution >= 4 is 11.7 Å². The lowest BCUT2D eigenvalue weighted by molar-refractivity contribution is 0.0753. The molecule has 2 atom stereocenters. The van der Waals surface area contributed by atoms with Crippen LogP contribution in [0, 0.1) is 0 Å². The summed E-state index contributed by atoms with van der Waals surface area (Å²) in [5.74, 6) is 0.745. The first-order valence-electron chi connectivity index (χ1n) is 9.60. The number of anilines is 1. The third-order valence-corrected chi connectivity index (χ3v) is 5.17. The molecule has 0 fully saturated rings. The summed E-state index contributed by atoms with van der Waals surface area (Å²) in [7, 11) is 0. The molecule has 0 aliphatic carbocycles. The second-order valence-electron chi connectivity index (χ2n) is 7.06. The normalized spacial score (nSPS) is 18.2. The summed E-state index contributed by atoms with van der Waals surface area (Å²) in [5.41, 5.74) is 2.63. The first-order chi connectivity index (χ1) is 13.7. The molecule has 7 heteroatoms. The minimum absolute atomic E-state index is 0.0260. The third kappa shape index (κ3) is 3.47. The molecule has 0 spiro atoms. The molecule has 0 aromatic carbocycles. The van der Waals surface area contributed by atoms with Crippen molar-refractivity contribution in [2.45, 2.75) is 38.9 Å². The quantitative estimate of drug-likeness (QED) is 0.738. The molecule has 4 heterocycles. The van der Waals surface area contributed by atoms with Crippen LogP contribution in [0.2, 0.25) is 0 Å². The summed E-state index contributed by atoms with van der Waals surface area (Å²) in [6, 6.07) is 10.0. The van der Waals surface area contributed by atoms with Crippen molar-refractivity contribution in [2.24, 2.45) is 0 Å². The van der Waals surface area contributed by atoms with Crippen LogP contribution in [0.15, 0.2) is 55.1 Å². The summed E-state index contributed by atoms with van der Waals surface area (Å²) in [5, 5.41) is 7.98. The minimum Gasteiger partial charge on any atom is -0.361 e. The van der Waals surface area contributed by atoms with Crippen molar-refractivity contribution in [1.82, 2.24) is 24.6 Å². The summed E-state index contributed by atoms with van der Waals surface area (Å²) in [6.07, 6.45) is 7.84. The van der Waals surface area contributed by atoms with Gasteiger partial charge in [-0.05, 0) is 50.1 Å². The topological polar surface area (TPSA) is 75.9 Å². The van der Waals surface area contributed by atoms with Gasteiger partial charge in [-0.1, -0.05) is 6.07 Å². The Hall–Kier alpha value is -3.22. The molecule has 144 valence electrons. The zero-order valence-corrected chi connectivity index (χ0v) is 16.1. The van der Waals surface area contributed by atoms with Gasteiger partial charge >= 0.3 is 0 Å². The number of aromatic nitrogens is 4. The van der Waals surface area contributed by atoms with Crippen molar-refractivity contribution in [3.63, 3.8) is 0 Å². The fourth-order valence-electron chi connectivity index (χ4n) is 3.64. The monoisotopic (exact) mass is 376 g/mol. The molecule has 1 aliphatic heterocycles. The van der Waals surface area contributed by atoms with Gasteiger partial charge in [-0.15, -0.1) is 0 Å². The lowest BCUT2D eigenvalue weighted by Gasteiger charge is -2.31. The van der Waals surface area contributed by atoms with E-state index in [1.165, 1.54) is 0 Å². The maximum Gasteiger partial charge on any atom is 0.259 e. The second kappa shape index (κ2) is 7.80. The first-order valence-corrected chi connectivity index (χ1v) is 9.60. The Labute approximate surface area is 164 Å². The van der Waals surface area contributed by atoms with Gasteiger partial charge in [-0.2, -0.15) is 5.10 Å². The highest BCUT2D eigenvalue weighted by atomic mass is 16.2. The lowest BCUT2D eigenvalue weighted by Crippen LogP contribution is -2.32. The number of hydrogen-bond acceptors (Lipinski definition) is 5. The highest BCUT2D eigenvalue weighted by Gasteiger charge is 2.31. The molecule has 28 heavy (non-hydrogen) atoms. The maximum absolute atomic E-state index is 13.3. The molecule has 0 radical (unpaired) electrons. The molecule has 3 aromatic heterocycles. The van der Waals surface area contributed by atoms with Gasteiger partial charge in [-0.3, -0.25) is 14.8 Å². The Morgan fingerprint density at radius 3 is 2.79 bits per heavy atom. The Kier molecular flexibility index (Phi) is 5.06. The summed E-state index contributed by atoms with van der Waals surface area (Å²) >= 11 is 0. The smallest absolute Gasteiger partial charge is 0.259 e. The summed E-state index contributed by atoms with van der Waals surface area (Å²) < 4.78 is 1.91. The summed E-state index contributed by atoms with van der Waals surface area (Å²) in [6.45, 7) is 5.27. The molecule has 1 aliphatic rings. The third-order valence-electron chi connectivity index (χ3n) is 5.17. The maximum atomic E-state index is 13.3. The molecule has 2 unspecified atom stereocenters. The molecule has 0 saturated heterocycles. The van der Waals surface area contributed by atoms with Crippen molar-refractivity contribution in [3.05, 3.63) is 71.9 Å². The first kappa shape index (κ1) is 18.2. The van der Waals surface area contributed by atoms with E-state index in [1.807, 2.05) is 46.8 Å². The van der Waals surface area contributed by atoms with Gasteiger partial charge in [0, 0.05) is 31.7 Å². The molecular weight excluding hydrogens is 352 g/mol. The number of nitrogens with one attached hydrogen (secondary N) is 1. The van der Waals surface area contributed by atoms with Crippen molar-refractivity contribution in [3.8, 4) is 0 Å². The predicted octanol–water partition coefficient (Wildman–Crippen LogP) is 3.45. The number of carbonyl (C=O) groups is 1. The van der Waals surface area contributed by atoms with Crippen molar-refractivity contribution in [1.29, 1.82) is 0 Å². The zero-order valence-electron chi connectivity index (χ0n) is 16.1. The number of fused-ring (bicyclic) bond motifs is 1. The number of rotatable bonds is 5. The fraction of sp³-hybridized carbons (Fsp3) is 0.333. The van der Waals surface area contributed by atoms with E-state index in [0.29, 0.717) is 18.7 Å². The van der Waals surface area contributed by atoms with Crippen LogP contribution in [0.5, 0.6) is 0 Å². The standard InChI is InChI=1S/C21H24N6O/c1-3-26(14-16-7-10-22-11-8-16)21(28)17-13-24-27-15(2)12-19(25-20(17)27)18-6-4-5-9-23-18/h4-11,13,15,19,25H,3,12,14H2,1-2H3. The number of carbonyl (C=O) groups excluding carboxylic acids is 1. The highest BCUT2D eigenvalue weighted by molar-refractivity contribution is 5.98. The molecule has 0 bridgehead atoms. The molecular formula is C21H24N6O. The average Bonchev–Trinajstić information content (AvgIpc) is 3.17. The predicted molar refractivity (Wildman–Crippen MR) is 107 cm³/mol. The number of pyridine rings is 2. The molecule has 1 amide bonds. The number of hydrogen-bond donors (Lipinski definition) is 1. The van der Waals surface area contributed by atoms with Gasteiger partial charge in [0.25, 0.3) is 5.91 Å². The minimum atomic E-state index is -0.0260. The van der Waals surface area contributed by atoms with Crippen molar-refractivity contribution < 1.29 is 4.79 Å². The molecule has 0 saturated carbocycles. The average molecular weight is 376 g/mol. The van der Waals surface area contributed by atoms with Gasteiger partial charge in [-0.25, -0.2) is 4.68 Å². The van der Waals surface area contributed by atoms with E-state index in [-0.39, 0.29) is 18.0 Å². The molecule has 1 N–H and O–H groups in total. The van der Waals surface area contributed by atoms with Gasteiger partial charge in [0.2, 0.25) is 0 Å². The van der Waals surface area contributed by atoms with E-state index in [1.54, 1.807) is 24.8 Å². The lowest BCUT2D eigenvalue weighted by atomic mass is 10.0.